The van der Waals surface area contributed by atoms with E-state index in [9.17, 15) is 13.2 Å². The first-order chi connectivity index (χ1) is 8.93. The van der Waals surface area contributed by atoms with Crippen molar-refractivity contribution in [1.82, 2.24) is 9.88 Å². The summed E-state index contributed by atoms with van der Waals surface area (Å²) in [6.45, 7) is 1.98. The van der Waals surface area contributed by atoms with Crippen LogP contribution in [-0.2, 0) is 9.84 Å². The molecule has 0 spiro atoms. The Morgan fingerprint density at radius 1 is 1.47 bits per heavy atom. The molecular formula is C12H17N3O3S. The van der Waals surface area contributed by atoms with E-state index in [-0.39, 0.29) is 30.0 Å². The molecule has 2 heterocycles. The van der Waals surface area contributed by atoms with Gasteiger partial charge in [0.1, 0.15) is 11.5 Å². The van der Waals surface area contributed by atoms with Crippen LogP contribution in [0, 0.1) is 0 Å². The van der Waals surface area contributed by atoms with Gasteiger partial charge in [-0.05, 0) is 19.1 Å². The number of sulfone groups is 1. The number of pyridine rings is 1. The maximum Gasteiger partial charge on any atom is 0.272 e. The van der Waals surface area contributed by atoms with Gasteiger partial charge in [0.15, 0.2) is 9.84 Å². The van der Waals surface area contributed by atoms with Crippen molar-refractivity contribution in [3.05, 3.63) is 23.9 Å². The van der Waals surface area contributed by atoms with Crippen LogP contribution in [0.2, 0.25) is 0 Å². The first-order valence-electron chi connectivity index (χ1n) is 6.09. The van der Waals surface area contributed by atoms with Gasteiger partial charge >= 0.3 is 0 Å². The molecule has 104 valence electrons. The van der Waals surface area contributed by atoms with Crippen LogP contribution in [0.25, 0.3) is 0 Å². The molecule has 1 atom stereocenters. The Bertz CT molecular complexity index is 586. The number of rotatable bonds is 2. The molecule has 1 aliphatic rings. The highest BCUT2D eigenvalue weighted by molar-refractivity contribution is 7.91. The lowest BCUT2D eigenvalue weighted by atomic mass is 10.2. The third-order valence-corrected chi connectivity index (χ3v) is 4.95. The second kappa shape index (κ2) is 5.16. The molecule has 0 saturated carbocycles. The summed E-state index contributed by atoms with van der Waals surface area (Å²) in [7, 11) is -1.29. The van der Waals surface area contributed by atoms with E-state index in [1.54, 1.807) is 37.1 Å². The average molecular weight is 283 g/mol. The summed E-state index contributed by atoms with van der Waals surface area (Å²) < 4.78 is 23.0. The largest absolute Gasteiger partial charge is 0.373 e. The zero-order valence-electron chi connectivity index (χ0n) is 11.0. The van der Waals surface area contributed by atoms with Crippen LogP contribution in [-0.4, -0.2) is 55.3 Å². The number of amides is 1. The summed E-state index contributed by atoms with van der Waals surface area (Å²) in [4.78, 5) is 18.1. The second-order valence-corrected chi connectivity index (χ2v) is 6.85. The highest BCUT2D eigenvalue weighted by Crippen LogP contribution is 2.15. The van der Waals surface area contributed by atoms with E-state index in [0.717, 1.165) is 0 Å². The Hall–Kier alpha value is -1.63. The number of hydrogen-bond acceptors (Lipinski definition) is 5. The summed E-state index contributed by atoms with van der Waals surface area (Å²) in [5, 5.41) is 2.87. The number of nitrogens with zero attached hydrogens (tertiary/aromatic N) is 2. The Balaban J connectivity index is 2.20. The Kier molecular flexibility index (Phi) is 3.75. The summed E-state index contributed by atoms with van der Waals surface area (Å²) in [5.74, 6) is 0.432. The lowest BCUT2D eigenvalue weighted by Gasteiger charge is -2.32. The molecule has 1 unspecified atom stereocenters. The van der Waals surface area contributed by atoms with E-state index < -0.39 is 9.84 Å². The zero-order valence-corrected chi connectivity index (χ0v) is 11.8. The molecule has 1 aromatic heterocycles. The van der Waals surface area contributed by atoms with E-state index in [4.69, 9.17) is 0 Å². The van der Waals surface area contributed by atoms with Gasteiger partial charge in [0.25, 0.3) is 5.91 Å². The number of nitrogens with one attached hydrogen (secondary N) is 1. The average Bonchev–Trinajstić information content (AvgIpc) is 2.37. The molecule has 19 heavy (non-hydrogen) atoms. The van der Waals surface area contributed by atoms with Crippen molar-refractivity contribution in [1.29, 1.82) is 0 Å². The molecule has 1 aromatic rings. The SMILES string of the molecule is CNc1cccc(C(=O)N2CCS(=O)(=O)CC2C)n1. The van der Waals surface area contributed by atoms with E-state index in [1.165, 1.54) is 0 Å². The highest BCUT2D eigenvalue weighted by atomic mass is 32.2. The predicted octanol–water partition coefficient (Wildman–Crippen LogP) is 0.382. The molecular weight excluding hydrogens is 266 g/mol. The Morgan fingerprint density at radius 3 is 2.84 bits per heavy atom. The van der Waals surface area contributed by atoms with Gasteiger partial charge in [0.2, 0.25) is 0 Å². The Morgan fingerprint density at radius 2 is 2.21 bits per heavy atom. The molecule has 1 saturated heterocycles. The summed E-state index contributed by atoms with van der Waals surface area (Å²) in [6, 6.07) is 4.84. The van der Waals surface area contributed by atoms with Crippen LogP contribution >= 0.6 is 0 Å². The summed E-state index contributed by atoms with van der Waals surface area (Å²) >= 11 is 0. The minimum atomic E-state index is -3.02. The predicted molar refractivity (Wildman–Crippen MR) is 72.9 cm³/mol. The van der Waals surface area contributed by atoms with Gasteiger partial charge in [0.05, 0.1) is 11.5 Å². The van der Waals surface area contributed by atoms with Crippen molar-refractivity contribution >= 4 is 21.6 Å². The third kappa shape index (κ3) is 3.04. The lowest BCUT2D eigenvalue weighted by Crippen LogP contribution is -2.49. The third-order valence-electron chi connectivity index (χ3n) is 3.16. The molecule has 7 heteroatoms. The fourth-order valence-corrected chi connectivity index (χ4v) is 3.70. The van der Waals surface area contributed by atoms with Gasteiger partial charge in [-0.15, -0.1) is 0 Å². The number of hydrogen-bond donors (Lipinski definition) is 1. The topological polar surface area (TPSA) is 79.4 Å². The van der Waals surface area contributed by atoms with Gasteiger partial charge < -0.3 is 10.2 Å². The molecule has 1 fully saturated rings. The smallest absolute Gasteiger partial charge is 0.272 e. The molecule has 0 bridgehead atoms. The molecule has 0 radical (unpaired) electrons. The normalized spacial score (nSPS) is 22.0. The van der Waals surface area contributed by atoms with Gasteiger partial charge in [-0.1, -0.05) is 6.07 Å². The van der Waals surface area contributed by atoms with Gasteiger partial charge in [-0.25, -0.2) is 13.4 Å². The van der Waals surface area contributed by atoms with Crippen LogP contribution in [0.3, 0.4) is 0 Å². The molecule has 1 N–H and O–H groups in total. The van der Waals surface area contributed by atoms with Crippen LogP contribution in [0.15, 0.2) is 18.2 Å². The maximum absolute atomic E-state index is 12.3. The second-order valence-electron chi connectivity index (χ2n) is 4.62. The monoisotopic (exact) mass is 283 g/mol. The first-order valence-corrected chi connectivity index (χ1v) is 7.91. The van der Waals surface area contributed by atoms with Gasteiger partial charge in [-0.2, -0.15) is 0 Å². The zero-order chi connectivity index (χ0) is 14.0. The van der Waals surface area contributed by atoms with Crippen molar-refractivity contribution in [3.63, 3.8) is 0 Å². The molecule has 0 aromatic carbocycles. The van der Waals surface area contributed by atoms with Crippen LogP contribution in [0.4, 0.5) is 5.82 Å². The van der Waals surface area contributed by atoms with E-state index in [0.29, 0.717) is 11.5 Å². The van der Waals surface area contributed by atoms with Crippen molar-refractivity contribution in [3.8, 4) is 0 Å². The van der Waals surface area contributed by atoms with Crippen molar-refractivity contribution in [2.24, 2.45) is 0 Å². The minimum Gasteiger partial charge on any atom is -0.373 e. The number of carbonyl (C=O) groups is 1. The van der Waals surface area contributed by atoms with E-state index in [2.05, 4.69) is 10.3 Å². The minimum absolute atomic E-state index is 0.0183. The van der Waals surface area contributed by atoms with Crippen LogP contribution in [0.1, 0.15) is 17.4 Å². The molecule has 0 aliphatic carbocycles. The van der Waals surface area contributed by atoms with Crippen molar-refractivity contribution in [2.45, 2.75) is 13.0 Å². The molecule has 2 rings (SSSR count). The number of carbonyl (C=O) groups excluding carboxylic acids is 1. The maximum atomic E-state index is 12.3. The summed E-state index contributed by atoms with van der Waals surface area (Å²) in [6.07, 6.45) is 0. The first kappa shape index (κ1) is 13.8. The van der Waals surface area contributed by atoms with E-state index >= 15 is 0 Å². The van der Waals surface area contributed by atoms with Gasteiger partial charge in [0, 0.05) is 19.6 Å². The number of aromatic nitrogens is 1. The number of anilines is 1. The standard InChI is InChI=1S/C12H17N3O3S/c1-9-8-19(17,18)7-6-15(9)12(16)10-4-3-5-11(13-2)14-10/h3-5,9H,6-8H2,1-2H3,(H,13,14). The molecule has 1 amide bonds. The van der Waals surface area contributed by atoms with Crippen LogP contribution in [0.5, 0.6) is 0 Å². The fourth-order valence-electron chi connectivity index (χ4n) is 2.14. The quantitative estimate of drug-likeness (QED) is 0.849. The Labute approximate surface area is 112 Å². The molecule has 6 nitrogen and oxygen atoms in total. The summed E-state index contributed by atoms with van der Waals surface area (Å²) in [5.41, 5.74) is 0.331. The van der Waals surface area contributed by atoms with Gasteiger partial charge in [-0.3, -0.25) is 4.79 Å². The van der Waals surface area contributed by atoms with Crippen molar-refractivity contribution < 1.29 is 13.2 Å². The molecule has 1 aliphatic heterocycles. The van der Waals surface area contributed by atoms with Crippen LogP contribution < -0.4 is 5.32 Å². The fraction of sp³-hybridized carbons (Fsp3) is 0.500. The lowest BCUT2D eigenvalue weighted by molar-refractivity contribution is 0.0706. The van der Waals surface area contributed by atoms with E-state index in [1.807, 2.05) is 0 Å². The van der Waals surface area contributed by atoms with Crippen molar-refractivity contribution in [2.75, 3.05) is 30.4 Å². The highest BCUT2D eigenvalue weighted by Gasteiger charge is 2.32.